The van der Waals surface area contributed by atoms with E-state index in [2.05, 4.69) is 139 Å². The fourth-order valence-corrected chi connectivity index (χ4v) is 9.40. The third-order valence-electron chi connectivity index (χ3n) is 10.3. The van der Waals surface area contributed by atoms with Crippen molar-refractivity contribution >= 4 is 28.7 Å². The van der Waals surface area contributed by atoms with Crippen molar-refractivity contribution in [1.29, 1.82) is 0 Å². The molecule has 0 fully saturated rings. The number of fused-ring (bicyclic) bond motifs is 4. The van der Waals surface area contributed by atoms with Crippen LogP contribution in [0.15, 0.2) is 146 Å². The van der Waals surface area contributed by atoms with E-state index in [0.717, 1.165) is 50.5 Å². The van der Waals surface area contributed by atoms with Crippen LogP contribution in [0.4, 0.5) is 4.39 Å². The van der Waals surface area contributed by atoms with Crippen LogP contribution < -0.4 is 9.13 Å². The van der Waals surface area contributed by atoms with Crippen LogP contribution in [-0.4, -0.2) is 33.9 Å². The van der Waals surface area contributed by atoms with Gasteiger partial charge in [-0.25, -0.2) is 4.39 Å². The van der Waals surface area contributed by atoms with Crippen LogP contribution in [0.3, 0.4) is 0 Å². The first-order chi connectivity index (χ1) is 26.5. The summed E-state index contributed by atoms with van der Waals surface area (Å²) in [5, 5.41) is 0. The topological polar surface area (TPSA) is 39.9 Å². The van der Waals surface area contributed by atoms with Crippen LogP contribution in [0, 0.1) is 17.9 Å². The zero-order chi connectivity index (χ0) is 38.3. The Hall–Kier alpha value is -4.88. The van der Waals surface area contributed by atoms with Gasteiger partial charge in [-0.3, -0.25) is 4.98 Å². The largest absolute Gasteiger partial charge is 0 e. The average Bonchev–Trinajstić information content (AvgIpc) is 3.76. The summed E-state index contributed by atoms with van der Waals surface area (Å²) < 4.78 is 24.5. The van der Waals surface area contributed by atoms with E-state index in [-0.39, 0.29) is 43.4 Å². The maximum atomic E-state index is 14.4. The number of halogens is 1. The Morgan fingerprint density at radius 1 is 0.804 bits per heavy atom. The van der Waals surface area contributed by atoms with Crippen LogP contribution in [0.1, 0.15) is 37.8 Å². The smallest absolute Gasteiger partial charge is 0 e. The summed E-state index contributed by atoms with van der Waals surface area (Å²) in [6.07, 6.45) is 10.3. The van der Waals surface area contributed by atoms with Gasteiger partial charge >= 0.3 is 99.8 Å². The van der Waals surface area contributed by atoms with Gasteiger partial charge in [-0.2, -0.15) is 0 Å². The van der Waals surface area contributed by atoms with Crippen LogP contribution in [0.5, 0.6) is 5.75 Å². The first-order valence-corrected chi connectivity index (χ1v) is 26.2. The van der Waals surface area contributed by atoms with Gasteiger partial charge in [-0.05, 0) is 46.9 Å². The molecule has 0 N–H and O–H groups in total. The first-order valence-electron chi connectivity index (χ1n) is 18.8. The van der Waals surface area contributed by atoms with E-state index >= 15 is 0 Å². The summed E-state index contributed by atoms with van der Waals surface area (Å²) in [4.78, 5) is 9.53. The third kappa shape index (κ3) is 7.88. The predicted molar refractivity (Wildman–Crippen MR) is 226 cm³/mol. The van der Waals surface area contributed by atoms with Gasteiger partial charge < -0.3 is 9.30 Å². The number of benzene rings is 5. The molecule has 1 radical (unpaired) electrons. The van der Waals surface area contributed by atoms with Crippen LogP contribution >= 0.6 is 0 Å². The minimum Gasteiger partial charge on any atom is 0 e. The Morgan fingerprint density at radius 2 is 1.59 bits per heavy atom. The van der Waals surface area contributed by atoms with E-state index in [1.807, 2.05) is 54.7 Å². The molecule has 4 nitrogen and oxygen atoms in total. The van der Waals surface area contributed by atoms with E-state index in [9.17, 15) is 4.39 Å². The molecule has 56 heavy (non-hydrogen) atoms. The molecule has 2 aromatic heterocycles. The van der Waals surface area contributed by atoms with Gasteiger partial charge in [0.2, 0.25) is 0 Å². The second-order valence-electron chi connectivity index (χ2n) is 16.2. The molecule has 1 aliphatic carbocycles. The Kier molecular flexibility index (Phi) is 11.2. The number of hydrogen-bond acceptors (Lipinski definition) is 3. The predicted octanol–water partition coefficient (Wildman–Crippen LogP) is 11.7. The summed E-state index contributed by atoms with van der Waals surface area (Å²) in [6.45, 7) is 6.67. The van der Waals surface area contributed by atoms with Gasteiger partial charge in [0.1, 0.15) is 11.9 Å². The molecule has 7 heteroatoms. The number of allylic oxidation sites excluding steroid dienone is 2. The molecule has 1 aliphatic heterocycles. The minimum atomic E-state index is -1.72. The molecule has 2 atom stereocenters. The van der Waals surface area contributed by atoms with Crippen molar-refractivity contribution in [3.05, 3.63) is 175 Å². The third-order valence-corrected chi connectivity index (χ3v) is 14.6. The number of pyridine rings is 1. The molecule has 9 rings (SSSR count). The van der Waals surface area contributed by atoms with E-state index in [0.29, 0.717) is 11.3 Å². The number of imidazole rings is 1. The van der Waals surface area contributed by atoms with Gasteiger partial charge in [0.25, 0.3) is 0 Å². The summed E-state index contributed by atoms with van der Waals surface area (Å²) in [5.74, 6) is 8.44. The van der Waals surface area contributed by atoms with Gasteiger partial charge in [-0.1, -0.05) is 86.5 Å². The molecule has 5 aromatic carbocycles. The number of aromatic nitrogens is 3. The monoisotopic (exact) mass is 976 g/mol. The van der Waals surface area contributed by atoms with Crippen molar-refractivity contribution in [2.75, 3.05) is 0 Å². The molecule has 0 bridgehead atoms. The molecular formula is C49H44FGeIrN3O-2. The quantitative estimate of drug-likeness (QED) is 0.127. The molecule has 0 saturated carbocycles. The minimum absolute atomic E-state index is 0. The van der Waals surface area contributed by atoms with Crippen molar-refractivity contribution in [3.8, 4) is 45.2 Å². The number of nitrogens with zero attached hydrogens (tertiary/aromatic N) is 3. The maximum absolute atomic E-state index is 14.4. The number of hydrogen-bond donors (Lipinski definition) is 0. The summed E-state index contributed by atoms with van der Waals surface area (Å²) >= 11 is -1.72. The van der Waals surface area contributed by atoms with Gasteiger partial charge in [-0.15, -0.1) is 18.2 Å². The summed E-state index contributed by atoms with van der Waals surface area (Å²) in [5.41, 5.74) is 9.76. The normalized spacial score (nSPS) is 15.6. The summed E-state index contributed by atoms with van der Waals surface area (Å²) in [6, 6.07) is 44.7. The van der Waals surface area contributed by atoms with Crippen molar-refractivity contribution in [2.24, 2.45) is 0 Å². The second-order valence-corrected chi connectivity index (χ2v) is 26.9. The Bertz CT molecular complexity index is 2550. The molecular weight excluding hydrogens is 930 g/mol. The van der Waals surface area contributed by atoms with E-state index in [1.54, 1.807) is 0 Å². The molecule has 2 aliphatic rings. The van der Waals surface area contributed by atoms with E-state index in [4.69, 9.17) is 9.72 Å². The van der Waals surface area contributed by atoms with Crippen molar-refractivity contribution in [3.63, 3.8) is 0 Å². The molecule has 3 heterocycles. The number of rotatable bonds is 5. The van der Waals surface area contributed by atoms with E-state index < -0.39 is 13.3 Å². The SMILES string of the molecule is CC(C)(C)c1ccc(-n2c(-c3[c-]ccc4c3OC3C=CC=CC43)nc3cc(F)ccc32)c(-c2ccccc2)c1.[CH3][Ge]([CH3])([CH3])[c]1ccc(-c2[c-]cccc2)nc1.[Ir]. The molecule has 283 valence electrons. The van der Waals surface area contributed by atoms with Gasteiger partial charge in [0.15, 0.2) is 0 Å². The van der Waals surface area contributed by atoms with Gasteiger partial charge in [0.05, 0.1) is 16.9 Å². The molecule has 0 spiro atoms. The van der Waals surface area contributed by atoms with Crippen LogP contribution in [0.25, 0.3) is 50.5 Å². The molecule has 0 saturated heterocycles. The second kappa shape index (κ2) is 15.9. The van der Waals surface area contributed by atoms with Crippen molar-refractivity contribution in [2.45, 2.75) is 55.5 Å². The fourth-order valence-electron chi connectivity index (χ4n) is 7.23. The standard InChI is InChI=1S/C35H28FN2O.C14H16GeN.Ir/c1-35(2,3)23-16-18-30(28(20-23)22-10-5-4-6-11-22)38-31-19-17-24(36)21-29(31)37-34(38)27-14-9-13-26-25-12-7-8-15-32(25)39-33(26)27;1-15(2,3)13-9-10-14(16-11-13)12-7-5-4-6-8-12;/h4-13,15-21,25,32H,1-3H3;4-7,9-11H,1-3H3;/q2*-1;. The Labute approximate surface area is 345 Å². The van der Waals surface area contributed by atoms with E-state index in [1.165, 1.54) is 22.1 Å². The zero-order valence-electron chi connectivity index (χ0n) is 32.5. The molecule has 0 amide bonds. The summed E-state index contributed by atoms with van der Waals surface area (Å²) in [7, 11) is 0. The fraction of sp³-hybridized carbons (Fsp3) is 0.184. The van der Waals surface area contributed by atoms with Gasteiger partial charge in [0, 0.05) is 49.1 Å². The van der Waals surface area contributed by atoms with Crippen molar-refractivity contribution in [1.82, 2.24) is 14.5 Å². The first kappa shape index (κ1) is 39.4. The number of ether oxygens (including phenoxy) is 1. The average molecular weight is 975 g/mol. The van der Waals surface area contributed by atoms with Crippen molar-refractivity contribution < 1.29 is 29.2 Å². The molecule has 2 unspecified atom stereocenters. The van der Waals surface area contributed by atoms with Crippen LogP contribution in [-0.2, 0) is 25.5 Å². The Morgan fingerprint density at radius 3 is 2.30 bits per heavy atom. The maximum Gasteiger partial charge on any atom is 0 e. The zero-order valence-corrected chi connectivity index (χ0v) is 37.0. The Balaban J connectivity index is 0.000000238. The molecule has 7 aromatic rings. The van der Waals surface area contributed by atoms with Crippen LogP contribution in [0.2, 0.25) is 17.3 Å².